The van der Waals surface area contributed by atoms with Gasteiger partial charge in [0.1, 0.15) is 18.7 Å². The van der Waals surface area contributed by atoms with Crippen molar-refractivity contribution in [1.82, 2.24) is 29.5 Å². The molecule has 2 N–H and O–H groups in total. The lowest BCUT2D eigenvalue weighted by atomic mass is 10.0. The first-order valence-electron chi connectivity index (χ1n) is 17.5. The predicted molar refractivity (Wildman–Crippen MR) is 214 cm³/mol. The number of piperazine rings is 1. The first kappa shape index (κ1) is 38.6. The summed E-state index contributed by atoms with van der Waals surface area (Å²) in [5.41, 5.74) is 5.53. The lowest BCUT2D eigenvalue weighted by Crippen LogP contribution is -2.49. The molecule has 1 unspecified atom stereocenters. The molecule has 3 heterocycles. The number of aromatic nitrogens is 4. The van der Waals surface area contributed by atoms with Crippen molar-refractivity contribution in [2.75, 3.05) is 89.9 Å². The highest BCUT2D eigenvalue weighted by Crippen LogP contribution is 2.42. The van der Waals surface area contributed by atoms with Gasteiger partial charge >= 0.3 is 0 Å². The number of rotatable bonds is 15. The number of hydrogen-bond donors (Lipinski definition) is 2. The minimum absolute atomic E-state index is 0.398. The number of likely N-dealkylation sites (N-methyl/N-ethyl adjacent to an activating group) is 1. The van der Waals surface area contributed by atoms with Crippen molar-refractivity contribution in [1.29, 1.82) is 0 Å². The SMILES string of the molecule is CCc1cc(Nc2ncc(Br)c(Nc3ccc(-c4cn(C)nc4OC)cc3P(C)(C)=O)n2)c(OC)cc1N(C)CCC(CC)N1CCN(C)CC1. The van der Waals surface area contributed by atoms with Crippen molar-refractivity contribution in [2.45, 2.75) is 39.2 Å². The molecule has 0 saturated carbocycles. The van der Waals surface area contributed by atoms with Crippen LogP contribution in [-0.2, 0) is 18.0 Å². The van der Waals surface area contributed by atoms with Gasteiger partial charge in [-0.05, 0) is 84.9 Å². The van der Waals surface area contributed by atoms with E-state index in [0.29, 0.717) is 44.9 Å². The van der Waals surface area contributed by atoms with Gasteiger partial charge < -0.3 is 34.5 Å². The second-order valence-corrected chi connectivity index (χ2v) is 17.6. The molecule has 0 radical (unpaired) electrons. The van der Waals surface area contributed by atoms with E-state index in [2.05, 4.69) is 91.4 Å². The maximum absolute atomic E-state index is 13.6. The summed E-state index contributed by atoms with van der Waals surface area (Å²) in [4.78, 5) is 16.8. The van der Waals surface area contributed by atoms with Crippen LogP contribution in [0.5, 0.6) is 11.6 Å². The van der Waals surface area contributed by atoms with Crippen molar-refractivity contribution in [3.05, 3.63) is 52.8 Å². The molecule has 2 aromatic carbocycles. The molecule has 2 aromatic heterocycles. The smallest absolute Gasteiger partial charge is 0.240 e. The van der Waals surface area contributed by atoms with Gasteiger partial charge in [0, 0.05) is 82.3 Å². The van der Waals surface area contributed by atoms with Gasteiger partial charge in [-0.15, -0.1) is 5.10 Å². The summed E-state index contributed by atoms with van der Waals surface area (Å²) in [6.07, 6.45) is 6.71. The summed E-state index contributed by atoms with van der Waals surface area (Å²) >= 11 is 3.61. The molecule has 0 amide bonds. The van der Waals surface area contributed by atoms with E-state index in [9.17, 15) is 4.57 Å². The Kier molecular flexibility index (Phi) is 12.7. The molecule has 1 saturated heterocycles. The maximum Gasteiger partial charge on any atom is 0.240 e. The molecule has 14 heteroatoms. The molecule has 5 rings (SSSR count). The third kappa shape index (κ3) is 9.24. The van der Waals surface area contributed by atoms with Crippen LogP contribution < -0.4 is 30.3 Å². The number of benzene rings is 2. The summed E-state index contributed by atoms with van der Waals surface area (Å²) in [5, 5.41) is 11.9. The molecule has 0 aliphatic carbocycles. The monoisotopic (exact) mass is 781 g/mol. The van der Waals surface area contributed by atoms with Crippen molar-refractivity contribution in [3.8, 4) is 22.8 Å². The molecule has 4 aromatic rings. The molecule has 276 valence electrons. The molecule has 0 bridgehead atoms. The molecular weight excluding hydrogens is 729 g/mol. The Morgan fingerprint density at radius 2 is 1.76 bits per heavy atom. The summed E-state index contributed by atoms with van der Waals surface area (Å²) < 4.78 is 27.3. The van der Waals surface area contributed by atoms with Gasteiger partial charge in [-0.3, -0.25) is 9.58 Å². The van der Waals surface area contributed by atoms with Crippen LogP contribution >= 0.6 is 23.1 Å². The van der Waals surface area contributed by atoms with Crippen LogP contribution in [0.3, 0.4) is 0 Å². The standard InChI is InChI=1S/C37H53BrN9O3P/c1-10-25-20-31(33(49-6)22-32(25)45(4)15-14-27(11-2)47-18-16-44(3)17-19-47)41-37-39-23-29(38)35(42-37)40-30-13-12-26(21-34(30)51(8,9)48)28-24-46(5)43-36(28)50-7/h12-13,20-24,27H,10-11,14-19H2,1-9H3,(H2,39,40,41,42). The molecule has 0 spiro atoms. The minimum Gasteiger partial charge on any atom is -0.494 e. The Labute approximate surface area is 311 Å². The number of nitrogens with zero attached hydrogens (tertiary/aromatic N) is 7. The number of anilines is 5. The number of nitrogens with one attached hydrogen (secondary N) is 2. The maximum atomic E-state index is 13.6. The fourth-order valence-electron chi connectivity index (χ4n) is 6.64. The normalized spacial score (nSPS) is 14.7. The number of methoxy groups -OCH3 is 2. The highest BCUT2D eigenvalue weighted by molar-refractivity contribution is 9.10. The topological polar surface area (TPSA) is 113 Å². The van der Waals surface area contributed by atoms with Gasteiger partial charge in [0.15, 0.2) is 0 Å². The number of ether oxygens (including phenoxy) is 2. The zero-order valence-electron chi connectivity index (χ0n) is 31.5. The van der Waals surface area contributed by atoms with E-state index in [0.717, 1.165) is 74.5 Å². The van der Waals surface area contributed by atoms with E-state index in [1.807, 2.05) is 31.4 Å². The zero-order valence-corrected chi connectivity index (χ0v) is 33.9. The summed E-state index contributed by atoms with van der Waals surface area (Å²) in [6.45, 7) is 13.5. The van der Waals surface area contributed by atoms with Crippen molar-refractivity contribution >= 4 is 57.2 Å². The van der Waals surface area contributed by atoms with E-state index >= 15 is 0 Å². The Morgan fingerprint density at radius 1 is 1.02 bits per heavy atom. The zero-order chi connectivity index (χ0) is 36.9. The van der Waals surface area contributed by atoms with Crippen LogP contribution in [-0.4, -0.2) is 110 Å². The van der Waals surface area contributed by atoms with Crippen LogP contribution in [0.1, 0.15) is 32.3 Å². The van der Waals surface area contributed by atoms with E-state index in [1.54, 1.807) is 38.4 Å². The van der Waals surface area contributed by atoms with Crippen molar-refractivity contribution in [3.63, 3.8) is 0 Å². The Balaban J connectivity index is 1.36. The van der Waals surface area contributed by atoms with Gasteiger partial charge in [0.2, 0.25) is 11.8 Å². The average molecular weight is 783 g/mol. The summed E-state index contributed by atoms with van der Waals surface area (Å²) in [6, 6.07) is 10.6. The predicted octanol–water partition coefficient (Wildman–Crippen LogP) is 6.81. The van der Waals surface area contributed by atoms with Crippen LogP contribution in [0.2, 0.25) is 0 Å². The summed E-state index contributed by atoms with van der Waals surface area (Å²) in [7, 11) is 6.78. The van der Waals surface area contributed by atoms with E-state index in [4.69, 9.17) is 14.5 Å². The van der Waals surface area contributed by atoms with Crippen molar-refractivity contribution in [2.24, 2.45) is 7.05 Å². The molecule has 1 fully saturated rings. The van der Waals surface area contributed by atoms with E-state index in [-0.39, 0.29) is 0 Å². The highest BCUT2D eigenvalue weighted by atomic mass is 79.9. The van der Waals surface area contributed by atoms with Crippen LogP contribution in [0.25, 0.3) is 11.1 Å². The quantitative estimate of drug-likeness (QED) is 0.124. The highest BCUT2D eigenvalue weighted by Gasteiger charge is 2.23. The van der Waals surface area contributed by atoms with Crippen molar-refractivity contribution < 1.29 is 14.0 Å². The van der Waals surface area contributed by atoms with Gasteiger partial charge in [-0.1, -0.05) is 19.9 Å². The third-order valence-corrected chi connectivity index (χ3v) is 11.7. The Morgan fingerprint density at radius 3 is 2.41 bits per heavy atom. The summed E-state index contributed by atoms with van der Waals surface area (Å²) in [5.74, 6) is 2.15. The lowest BCUT2D eigenvalue weighted by molar-refractivity contribution is 0.105. The van der Waals surface area contributed by atoms with Gasteiger partial charge in [0.25, 0.3) is 0 Å². The van der Waals surface area contributed by atoms with Gasteiger partial charge in [-0.25, -0.2) is 4.98 Å². The Bertz CT molecular complexity index is 1860. The fourth-order valence-corrected chi connectivity index (χ4v) is 8.10. The van der Waals surface area contributed by atoms with Crippen LogP contribution in [0.15, 0.2) is 47.2 Å². The first-order valence-corrected chi connectivity index (χ1v) is 20.9. The fraction of sp³-hybridized carbons (Fsp3) is 0.486. The van der Waals surface area contributed by atoms with E-state index < -0.39 is 7.14 Å². The second-order valence-electron chi connectivity index (χ2n) is 13.6. The van der Waals surface area contributed by atoms with Gasteiger partial charge in [-0.2, -0.15) is 4.98 Å². The molecule has 1 aliphatic rings. The van der Waals surface area contributed by atoms with E-state index in [1.165, 1.54) is 5.56 Å². The molecule has 12 nitrogen and oxygen atoms in total. The lowest BCUT2D eigenvalue weighted by Gasteiger charge is -2.38. The van der Waals surface area contributed by atoms with Crippen LogP contribution in [0.4, 0.5) is 28.8 Å². The molecule has 1 atom stereocenters. The largest absolute Gasteiger partial charge is 0.494 e. The number of aryl methyl sites for hydroxylation is 2. The van der Waals surface area contributed by atoms with Crippen LogP contribution in [0, 0.1) is 0 Å². The molecule has 1 aliphatic heterocycles. The molecule has 51 heavy (non-hydrogen) atoms. The Hall–Kier alpha value is -3.64. The van der Waals surface area contributed by atoms with Gasteiger partial charge in [0.05, 0.1) is 35.6 Å². The third-order valence-electron chi connectivity index (χ3n) is 9.64. The number of halogens is 1. The minimum atomic E-state index is -2.72. The second kappa shape index (κ2) is 16.8. The average Bonchev–Trinajstić information content (AvgIpc) is 3.50. The first-order chi connectivity index (χ1) is 24.3. The molecular formula is C37H53BrN9O3P. The number of hydrogen-bond acceptors (Lipinski definition) is 11.